The molecule has 0 aliphatic rings. The van der Waals surface area contributed by atoms with Crippen LogP contribution in [0, 0.1) is 6.92 Å². The van der Waals surface area contributed by atoms with Crippen molar-refractivity contribution in [2.45, 2.75) is 13.3 Å². The van der Waals surface area contributed by atoms with Crippen LogP contribution < -0.4 is 5.32 Å². The van der Waals surface area contributed by atoms with Crippen molar-refractivity contribution in [2.75, 3.05) is 11.9 Å². The summed E-state index contributed by atoms with van der Waals surface area (Å²) in [6.45, 7) is 2.44. The van der Waals surface area contributed by atoms with Gasteiger partial charge in [0.15, 0.2) is 5.82 Å². The highest BCUT2D eigenvalue weighted by molar-refractivity contribution is 9.10. The summed E-state index contributed by atoms with van der Waals surface area (Å²) in [6, 6.07) is 0. The number of thiophene rings is 1. The van der Waals surface area contributed by atoms with Crippen LogP contribution in [0.15, 0.2) is 20.6 Å². The van der Waals surface area contributed by atoms with Gasteiger partial charge >= 0.3 is 0 Å². The van der Waals surface area contributed by atoms with Crippen LogP contribution in [0.3, 0.4) is 0 Å². The third kappa shape index (κ3) is 2.74. The zero-order valence-electron chi connectivity index (χ0n) is 10.1. The zero-order chi connectivity index (χ0) is 13.2. The van der Waals surface area contributed by atoms with Gasteiger partial charge in [0, 0.05) is 18.3 Å². The smallest absolute Gasteiger partial charge is 0.228 e. The number of rotatable bonds is 4. The molecule has 0 amide bonds. The number of fused-ring (bicyclic) bond motifs is 1. The van der Waals surface area contributed by atoms with E-state index in [1.165, 1.54) is 0 Å². The standard InChI is InChI=1S/C11H10BrN5OS/c1-6-15-9(18-17-6)2-3-13-11-14-4-8-10(16-11)7(12)5-19-8/h4-5H,2-3H2,1H3,(H,13,14,16). The van der Waals surface area contributed by atoms with E-state index in [1.54, 1.807) is 18.3 Å². The van der Waals surface area contributed by atoms with Gasteiger partial charge < -0.3 is 9.84 Å². The summed E-state index contributed by atoms with van der Waals surface area (Å²) in [5, 5.41) is 8.89. The Labute approximate surface area is 121 Å². The summed E-state index contributed by atoms with van der Waals surface area (Å²) >= 11 is 5.08. The Hall–Kier alpha value is -1.54. The van der Waals surface area contributed by atoms with Crippen LogP contribution in [0.2, 0.25) is 0 Å². The number of aromatic nitrogens is 4. The summed E-state index contributed by atoms with van der Waals surface area (Å²) in [7, 11) is 0. The van der Waals surface area contributed by atoms with E-state index in [4.69, 9.17) is 4.52 Å². The zero-order valence-corrected chi connectivity index (χ0v) is 12.5. The number of nitrogens with zero attached hydrogens (tertiary/aromatic N) is 4. The second kappa shape index (κ2) is 5.22. The van der Waals surface area contributed by atoms with Crippen LogP contribution in [0.4, 0.5) is 5.95 Å². The Morgan fingerprint density at radius 3 is 3.11 bits per heavy atom. The minimum atomic E-state index is 0.600. The molecule has 1 N–H and O–H groups in total. The molecule has 8 heteroatoms. The molecule has 3 aromatic rings. The summed E-state index contributed by atoms with van der Waals surface area (Å²) in [6.07, 6.45) is 2.46. The molecule has 0 atom stereocenters. The van der Waals surface area contributed by atoms with Gasteiger partial charge in [-0.05, 0) is 22.9 Å². The van der Waals surface area contributed by atoms with Crippen LogP contribution in [0.5, 0.6) is 0 Å². The maximum atomic E-state index is 5.03. The number of nitrogens with one attached hydrogen (secondary N) is 1. The van der Waals surface area contributed by atoms with E-state index in [0.29, 0.717) is 30.6 Å². The van der Waals surface area contributed by atoms with Crippen LogP contribution in [0.1, 0.15) is 11.7 Å². The average Bonchev–Trinajstić information content (AvgIpc) is 2.97. The summed E-state index contributed by atoms with van der Waals surface area (Å²) in [4.78, 5) is 12.8. The van der Waals surface area contributed by atoms with E-state index in [9.17, 15) is 0 Å². The lowest BCUT2D eigenvalue weighted by Crippen LogP contribution is -2.07. The lowest BCUT2D eigenvalue weighted by atomic mass is 10.4. The molecule has 3 rings (SSSR count). The van der Waals surface area contributed by atoms with Crippen LogP contribution in [-0.4, -0.2) is 26.7 Å². The fourth-order valence-corrected chi connectivity index (χ4v) is 3.04. The van der Waals surface area contributed by atoms with Gasteiger partial charge in [-0.1, -0.05) is 5.16 Å². The van der Waals surface area contributed by atoms with E-state index in [0.717, 1.165) is 14.7 Å². The highest BCUT2D eigenvalue weighted by Gasteiger charge is 2.06. The van der Waals surface area contributed by atoms with Crippen molar-refractivity contribution in [1.29, 1.82) is 0 Å². The molecule has 0 unspecified atom stereocenters. The summed E-state index contributed by atoms with van der Waals surface area (Å²) in [5.41, 5.74) is 0.927. The van der Waals surface area contributed by atoms with Crippen LogP contribution in [0.25, 0.3) is 10.2 Å². The lowest BCUT2D eigenvalue weighted by molar-refractivity contribution is 0.377. The molecule has 0 aliphatic heterocycles. The third-order valence-corrected chi connectivity index (χ3v) is 4.28. The molecule has 0 bridgehead atoms. The molecule has 3 aromatic heterocycles. The predicted octanol–water partition coefficient (Wildman–Crippen LogP) is 2.80. The number of hydrogen-bond acceptors (Lipinski definition) is 7. The molecule has 0 radical (unpaired) electrons. The highest BCUT2D eigenvalue weighted by atomic mass is 79.9. The minimum absolute atomic E-state index is 0.600. The van der Waals surface area contributed by atoms with Gasteiger partial charge in [0.2, 0.25) is 11.8 Å². The first-order chi connectivity index (χ1) is 9.22. The lowest BCUT2D eigenvalue weighted by Gasteiger charge is -2.02. The Kier molecular flexibility index (Phi) is 3.43. The number of halogens is 1. The summed E-state index contributed by atoms with van der Waals surface area (Å²) in [5.74, 6) is 1.86. The van der Waals surface area contributed by atoms with Crippen LogP contribution in [-0.2, 0) is 6.42 Å². The molecule has 0 aliphatic carbocycles. The van der Waals surface area contributed by atoms with Crippen LogP contribution >= 0.6 is 27.3 Å². The normalized spacial score (nSPS) is 11.1. The van der Waals surface area contributed by atoms with Crippen molar-refractivity contribution in [2.24, 2.45) is 0 Å². The van der Waals surface area contributed by atoms with Gasteiger partial charge in [-0.3, -0.25) is 0 Å². The van der Waals surface area contributed by atoms with Gasteiger partial charge in [0.05, 0.1) is 15.4 Å². The van der Waals surface area contributed by atoms with E-state index < -0.39 is 0 Å². The Morgan fingerprint density at radius 1 is 1.42 bits per heavy atom. The molecule has 0 aromatic carbocycles. The molecule has 0 saturated carbocycles. The maximum absolute atomic E-state index is 5.03. The maximum Gasteiger partial charge on any atom is 0.228 e. The van der Waals surface area contributed by atoms with E-state index in [2.05, 4.69) is 41.4 Å². The molecule has 3 heterocycles. The first-order valence-corrected chi connectivity index (χ1v) is 7.32. The largest absolute Gasteiger partial charge is 0.354 e. The third-order valence-electron chi connectivity index (χ3n) is 2.46. The number of aryl methyl sites for hydroxylation is 1. The molecule has 19 heavy (non-hydrogen) atoms. The molecule has 6 nitrogen and oxygen atoms in total. The Bertz CT molecular complexity index is 710. The predicted molar refractivity (Wildman–Crippen MR) is 76.3 cm³/mol. The van der Waals surface area contributed by atoms with Gasteiger partial charge in [-0.25, -0.2) is 9.97 Å². The van der Waals surface area contributed by atoms with Crippen molar-refractivity contribution in [3.05, 3.63) is 27.8 Å². The van der Waals surface area contributed by atoms with Gasteiger partial charge in [0.25, 0.3) is 0 Å². The van der Waals surface area contributed by atoms with Crippen molar-refractivity contribution in [3.63, 3.8) is 0 Å². The van der Waals surface area contributed by atoms with E-state index in [1.807, 2.05) is 11.6 Å². The van der Waals surface area contributed by atoms with Crippen molar-refractivity contribution in [1.82, 2.24) is 20.1 Å². The quantitative estimate of drug-likeness (QED) is 0.787. The monoisotopic (exact) mass is 339 g/mol. The van der Waals surface area contributed by atoms with E-state index in [-0.39, 0.29) is 0 Å². The van der Waals surface area contributed by atoms with Crippen molar-refractivity contribution < 1.29 is 4.52 Å². The minimum Gasteiger partial charge on any atom is -0.354 e. The second-order valence-electron chi connectivity index (χ2n) is 3.90. The molecule has 0 fully saturated rings. The topological polar surface area (TPSA) is 76.7 Å². The van der Waals surface area contributed by atoms with E-state index >= 15 is 0 Å². The van der Waals surface area contributed by atoms with Gasteiger partial charge in [-0.15, -0.1) is 11.3 Å². The number of anilines is 1. The summed E-state index contributed by atoms with van der Waals surface area (Å²) < 4.78 is 7.08. The number of hydrogen-bond donors (Lipinski definition) is 1. The Morgan fingerprint density at radius 2 is 2.32 bits per heavy atom. The molecule has 0 saturated heterocycles. The highest BCUT2D eigenvalue weighted by Crippen LogP contribution is 2.28. The fourth-order valence-electron chi connectivity index (χ4n) is 1.61. The first kappa shape index (κ1) is 12.5. The molecular weight excluding hydrogens is 330 g/mol. The first-order valence-electron chi connectivity index (χ1n) is 5.65. The second-order valence-corrected chi connectivity index (χ2v) is 5.67. The van der Waals surface area contributed by atoms with Gasteiger partial charge in [-0.2, -0.15) is 4.98 Å². The Balaban J connectivity index is 1.66. The molecule has 98 valence electrons. The van der Waals surface area contributed by atoms with Gasteiger partial charge in [0.1, 0.15) is 5.52 Å². The van der Waals surface area contributed by atoms with Crippen molar-refractivity contribution in [3.8, 4) is 0 Å². The SMILES string of the molecule is Cc1noc(CCNc2ncc3scc(Br)c3n2)n1. The fraction of sp³-hybridized carbons (Fsp3) is 0.273. The molecule has 0 spiro atoms. The average molecular weight is 340 g/mol. The van der Waals surface area contributed by atoms with Crippen molar-refractivity contribution >= 4 is 43.4 Å². The molecular formula is C11H10BrN5OS.